The van der Waals surface area contributed by atoms with Crippen LogP contribution >= 0.6 is 0 Å². The minimum atomic E-state index is -3.31. The lowest BCUT2D eigenvalue weighted by molar-refractivity contribution is 0.00653. The van der Waals surface area contributed by atoms with Gasteiger partial charge >= 0.3 is 6.09 Å². The first kappa shape index (κ1) is 24.8. The number of sulfone groups is 1. The lowest BCUT2D eigenvalue weighted by Crippen LogP contribution is -2.53. The number of carbonyl (C=O) groups is 1. The molecule has 0 bridgehead atoms. The number of piperazine rings is 1. The Hall–Kier alpha value is -1.87. The quantitative estimate of drug-likeness (QED) is 0.656. The van der Waals surface area contributed by atoms with Crippen molar-refractivity contribution >= 4 is 15.9 Å². The van der Waals surface area contributed by atoms with Crippen LogP contribution in [0.4, 0.5) is 4.79 Å². The molecule has 0 spiro atoms. The molecule has 1 aliphatic heterocycles. The van der Waals surface area contributed by atoms with Crippen LogP contribution in [0.2, 0.25) is 0 Å². The highest BCUT2D eigenvalue weighted by molar-refractivity contribution is 7.90. The zero-order chi connectivity index (χ0) is 23.5. The van der Waals surface area contributed by atoms with Crippen LogP contribution in [0.15, 0.2) is 17.2 Å². The summed E-state index contributed by atoms with van der Waals surface area (Å²) in [5.41, 5.74) is 0.142. The van der Waals surface area contributed by atoms with Crippen LogP contribution in [-0.2, 0) is 14.6 Å². The zero-order valence-corrected chi connectivity index (χ0v) is 20.8. The summed E-state index contributed by atoms with van der Waals surface area (Å²) in [5.74, 6) is 1.14. The maximum absolute atomic E-state index is 12.3. The fourth-order valence-corrected chi connectivity index (χ4v) is 4.98. The number of aryl methyl sites for hydroxylation is 1. The molecule has 9 heteroatoms. The van der Waals surface area contributed by atoms with Gasteiger partial charge in [0.2, 0.25) is 0 Å². The average Bonchev–Trinajstić information content (AvgIpc) is 2.71. The molecule has 2 heterocycles. The number of rotatable bonds is 5. The van der Waals surface area contributed by atoms with Gasteiger partial charge in [-0.15, -0.1) is 0 Å². The van der Waals surface area contributed by atoms with Gasteiger partial charge in [0.15, 0.2) is 14.9 Å². The first-order valence-electron chi connectivity index (χ1n) is 11.4. The maximum atomic E-state index is 12.3. The number of carbonyl (C=O) groups excluding carboxylic acids is 1. The van der Waals surface area contributed by atoms with E-state index >= 15 is 0 Å². The van der Waals surface area contributed by atoms with Gasteiger partial charge in [-0.3, -0.25) is 4.90 Å². The molecule has 0 aromatic carbocycles. The molecule has 1 saturated heterocycles. The molecule has 1 saturated carbocycles. The minimum Gasteiger partial charge on any atom is -0.491 e. The summed E-state index contributed by atoms with van der Waals surface area (Å²) in [6.07, 6.45) is 5.41. The third-order valence-electron chi connectivity index (χ3n) is 6.16. The molecule has 1 aromatic rings. The molecule has 2 aliphatic rings. The summed E-state index contributed by atoms with van der Waals surface area (Å²) in [4.78, 5) is 20.7. The molecule has 8 nitrogen and oxygen atoms in total. The first-order chi connectivity index (χ1) is 14.9. The van der Waals surface area contributed by atoms with Crippen molar-refractivity contribution in [2.45, 2.75) is 70.0 Å². The second kappa shape index (κ2) is 9.95. The van der Waals surface area contributed by atoms with Gasteiger partial charge in [0, 0.05) is 38.5 Å². The van der Waals surface area contributed by atoms with Gasteiger partial charge in [-0.25, -0.2) is 18.2 Å². The molecule has 32 heavy (non-hydrogen) atoms. The van der Waals surface area contributed by atoms with Crippen LogP contribution < -0.4 is 4.74 Å². The molecule has 3 rings (SSSR count). The Morgan fingerprint density at radius 2 is 1.72 bits per heavy atom. The molecule has 0 radical (unpaired) electrons. The fraction of sp³-hybridized carbons (Fsp3) is 0.739. The van der Waals surface area contributed by atoms with Crippen molar-refractivity contribution in [3.05, 3.63) is 17.8 Å². The smallest absolute Gasteiger partial charge is 0.410 e. The lowest BCUT2D eigenvalue weighted by atomic mass is 9.85. The van der Waals surface area contributed by atoms with Gasteiger partial charge in [-0.05, 0) is 71.4 Å². The molecule has 0 atom stereocenters. The van der Waals surface area contributed by atoms with E-state index in [4.69, 9.17) is 9.47 Å². The van der Waals surface area contributed by atoms with Crippen LogP contribution in [0, 0.1) is 12.8 Å². The Labute approximate surface area is 192 Å². The van der Waals surface area contributed by atoms with Gasteiger partial charge in [0.1, 0.15) is 11.4 Å². The largest absolute Gasteiger partial charge is 0.491 e. The SMILES string of the molecule is Cc1nc(S(C)(=O)=O)ccc1OC[C@H]1CC[C@@H](N2CCN(C(=O)OC(C)(C)C)CC2)CC1. The summed E-state index contributed by atoms with van der Waals surface area (Å²) in [6.45, 7) is 11.3. The number of aromatic nitrogens is 1. The van der Waals surface area contributed by atoms with Crippen molar-refractivity contribution in [2.75, 3.05) is 39.0 Å². The fourth-order valence-electron chi connectivity index (χ4n) is 4.36. The lowest BCUT2D eigenvalue weighted by Gasteiger charge is -2.42. The third kappa shape index (κ3) is 6.81. The summed E-state index contributed by atoms with van der Waals surface area (Å²) in [7, 11) is -3.31. The van der Waals surface area contributed by atoms with Crippen molar-refractivity contribution in [2.24, 2.45) is 5.92 Å². The van der Waals surface area contributed by atoms with Gasteiger partial charge in [-0.1, -0.05) is 0 Å². The van der Waals surface area contributed by atoms with E-state index in [1.807, 2.05) is 25.7 Å². The van der Waals surface area contributed by atoms with E-state index in [1.165, 1.54) is 6.07 Å². The third-order valence-corrected chi connectivity index (χ3v) is 7.15. The first-order valence-corrected chi connectivity index (χ1v) is 13.3. The Morgan fingerprint density at radius 1 is 1.09 bits per heavy atom. The Bertz CT molecular complexity index is 897. The van der Waals surface area contributed by atoms with Gasteiger partial charge in [0.25, 0.3) is 0 Å². The number of hydrogen-bond donors (Lipinski definition) is 0. The Kier molecular flexibility index (Phi) is 7.70. The molecule has 1 amide bonds. The van der Waals surface area contributed by atoms with Gasteiger partial charge in [-0.2, -0.15) is 0 Å². The van der Waals surface area contributed by atoms with Crippen molar-refractivity contribution < 1.29 is 22.7 Å². The Balaban J connectivity index is 1.41. The number of pyridine rings is 1. The van der Waals surface area contributed by atoms with E-state index < -0.39 is 15.4 Å². The predicted molar refractivity (Wildman–Crippen MR) is 123 cm³/mol. The van der Waals surface area contributed by atoms with E-state index in [-0.39, 0.29) is 11.1 Å². The van der Waals surface area contributed by atoms with Crippen molar-refractivity contribution in [1.82, 2.24) is 14.8 Å². The molecule has 2 fully saturated rings. The second-order valence-electron chi connectivity index (χ2n) is 9.99. The van der Waals surface area contributed by atoms with Crippen LogP contribution in [0.5, 0.6) is 5.75 Å². The standard InChI is InChI=1S/C23H37N3O5S/c1-17-20(10-11-21(24-17)32(5,28)29)30-16-18-6-8-19(9-7-18)25-12-14-26(15-13-25)22(27)31-23(2,3)4/h10-11,18-19H,6-9,12-16H2,1-5H3/t18-,19+. The molecule has 1 aliphatic carbocycles. The summed E-state index contributed by atoms with van der Waals surface area (Å²) >= 11 is 0. The van der Waals surface area contributed by atoms with Crippen molar-refractivity contribution in [1.29, 1.82) is 0 Å². The molecule has 0 unspecified atom stereocenters. The molecule has 1 aromatic heterocycles. The molecule has 180 valence electrons. The number of ether oxygens (including phenoxy) is 2. The second-order valence-corrected chi connectivity index (χ2v) is 12.0. The zero-order valence-electron chi connectivity index (χ0n) is 20.0. The van der Waals surface area contributed by atoms with E-state index in [1.54, 1.807) is 13.0 Å². The number of amides is 1. The van der Waals surface area contributed by atoms with E-state index in [0.29, 0.717) is 43.1 Å². The summed E-state index contributed by atoms with van der Waals surface area (Å²) in [5, 5.41) is 0.0784. The van der Waals surface area contributed by atoms with Crippen LogP contribution in [0.3, 0.4) is 0 Å². The normalized spacial score (nSPS) is 23.1. The number of nitrogens with zero attached hydrogens (tertiary/aromatic N) is 3. The maximum Gasteiger partial charge on any atom is 0.410 e. The predicted octanol–water partition coefficient (Wildman–Crippen LogP) is 3.28. The topological polar surface area (TPSA) is 89.0 Å². The Morgan fingerprint density at radius 3 is 2.25 bits per heavy atom. The number of hydrogen-bond acceptors (Lipinski definition) is 7. The van der Waals surface area contributed by atoms with Crippen molar-refractivity contribution in [3.8, 4) is 5.75 Å². The van der Waals surface area contributed by atoms with E-state index in [0.717, 1.165) is 45.0 Å². The minimum absolute atomic E-state index is 0.0784. The highest BCUT2D eigenvalue weighted by Gasteiger charge is 2.31. The summed E-state index contributed by atoms with van der Waals surface area (Å²) in [6, 6.07) is 3.77. The highest BCUT2D eigenvalue weighted by atomic mass is 32.2. The molecular weight excluding hydrogens is 430 g/mol. The van der Waals surface area contributed by atoms with E-state index in [9.17, 15) is 13.2 Å². The molecular formula is C23H37N3O5S. The van der Waals surface area contributed by atoms with Gasteiger partial charge < -0.3 is 14.4 Å². The van der Waals surface area contributed by atoms with Gasteiger partial charge in [0.05, 0.1) is 12.3 Å². The summed E-state index contributed by atoms with van der Waals surface area (Å²) < 4.78 is 34.7. The van der Waals surface area contributed by atoms with E-state index in [2.05, 4.69) is 9.88 Å². The van der Waals surface area contributed by atoms with Crippen LogP contribution in [0.1, 0.15) is 52.1 Å². The van der Waals surface area contributed by atoms with Crippen LogP contribution in [-0.4, -0.2) is 80.0 Å². The van der Waals surface area contributed by atoms with Crippen LogP contribution in [0.25, 0.3) is 0 Å². The average molecular weight is 468 g/mol. The molecule has 0 N–H and O–H groups in total. The monoisotopic (exact) mass is 467 g/mol. The highest BCUT2D eigenvalue weighted by Crippen LogP contribution is 2.29. The van der Waals surface area contributed by atoms with Crippen molar-refractivity contribution in [3.63, 3.8) is 0 Å².